The number of aromatic nitrogens is 1. The van der Waals surface area contributed by atoms with Crippen LogP contribution in [0.1, 0.15) is 35.6 Å². The van der Waals surface area contributed by atoms with Gasteiger partial charge in [-0.1, -0.05) is 24.3 Å². The molecule has 3 unspecified atom stereocenters. The molecule has 3 fully saturated rings. The minimum atomic E-state index is -5.07. The van der Waals surface area contributed by atoms with E-state index in [1.807, 2.05) is 36.4 Å². The fourth-order valence-corrected chi connectivity index (χ4v) is 6.47. The SMILES string of the molecule is C=C[C@H]1CN2CCC1CC2[C@H](Nc1c(Nc2cc(C(F)(F)F)cc(C(F)(F)F)c2)c(=O)c1=O)c1ccnc2ccccc12. The average Bonchev–Trinajstić information content (AvgIpc) is 2.99. The highest BCUT2D eigenvalue weighted by Gasteiger charge is 2.44. The fourth-order valence-electron chi connectivity index (χ4n) is 6.47. The molecule has 6 nitrogen and oxygen atoms in total. The first-order valence-corrected chi connectivity index (χ1v) is 13.7. The van der Waals surface area contributed by atoms with E-state index in [1.54, 1.807) is 6.20 Å². The van der Waals surface area contributed by atoms with Gasteiger partial charge >= 0.3 is 12.4 Å². The monoisotopic (exact) mass is 600 g/mol. The van der Waals surface area contributed by atoms with Crippen LogP contribution < -0.4 is 21.5 Å². The van der Waals surface area contributed by atoms with E-state index in [4.69, 9.17) is 0 Å². The number of hydrogen-bond donors (Lipinski definition) is 2. The minimum absolute atomic E-state index is 0.000122. The maximum absolute atomic E-state index is 13.4. The van der Waals surface area contributed by atoms with Crippen molar-refractivity contribution in [2.45, 2.75) is 37.3 Å². The Morgan fingerprint density at radius 1 is 0.953 bits per heavy atom. The molecule has 3 aromatic carbocycles. The van der Waals surface area contributed by atoms with Crippen LogP contribution in [0.4, 0.5) is 43.4 Å². The van der Waals surface area contributed by atoms with Crippen molar-refractivity contribution < 1.29 is 26.3 Å². The van der Waals surface area contributed by atoms with Gasteiger partial charge in [0.25, 0.3) is 10.9 Å². The van der Waals surface area contributed by atoms with Crippen LogP contribution in [0.2, 0.25) is 0 Å². The van der Waals surface area contributed by atoms with E-state index in [9.17, 15) is 35.9 Å². The summed E-state index contributed by atoms with van der Waals surface area (Å²) in [5.41, 5.74) is -4.71. The molecule has 0 amide bonds. The summed E-state index contributed by atoms with van der Waals surface area (Å²) in [4.78, 5) is 32.3. The van der Waals surface area contributed by atoms with E-state index in [1.165, 1.54) is 0 Å². The Kier molecular flexibility index (Phi) is 7.07. The first-order valence-electron chi connectivity index (χ1n) is 13.7. The second-order valence-electron chi connectivity index (χ2n) is 11.1. The lowest BCUT2D eigenvalue weighted by Gasteiger charge is -2.52. The molecular formula is C31H26F6N4O2. The molecule has 2 bridgehead atoms. The van der Waals surface area contributed by atoms with Gasteiger partial charge in [-0.15, -0.1) is 6.58 Å². The van der Waals surface area contributed by atoms with Gasteiger partial charge in [-0.3, -0.25) is 19.5 Å². The molecule has 3 saturated heterocycles. The summed E-state index contributed by atoms with van der Waals surface area (Å²) in [7, 11) is 0. The van der Waals surface area contributed by atoms with Crippen molar-refractivity contribution in [2.24, 2.45) is 11.8 Å². The van der Waals surface area contributed by atoms with E-state index in [0.29, 0.717) is 29.5 Å². The Balaban J connectivity index is 1.41. The van der Waals surface area contributed by atoms with Gasteiger partial charge in [0, 0.05) is 29.9 Å². The molecule has 5 atom stereocenters. The van der Waals surface area contributed by atoms with Crippen molar-refractivity contribution in [1.29, 1.82) is 0 Å². The quantitative estimate of drug-likeness (QED) is 0.140. The number of hydrogen-bond acceptors (Lipinski definition) is 6. The lowest BCUT2D eigenvalue weighted by atomic mass is 9.73. The summed E-state index contributed by atoms with van der Waals surface area (Å²) in [5.74, 6) is 0.646. The molecule has 12 heteroatoms. The largest absolute Gasteiger partial charge is 0.416 e. The molecule has 3 aliphatic rings. The highest BCUT2D eigenvalue weighted by Crippen LogP contribution is 2.44. The average molecular weight is 601 g/mol. The van der Waals surface area contributed by atoms with Crippen LogP contribution in [-0.4, -0.2) is 29.0 Å². The van der Waals surface area contributed by atoms with Gasteiger partial charge in [0.05, 0.1) is 22.7 Å². The summed E-state index contributed by atoms with van der Waals surface area (Å²) < 4.78 is 80.7. The topological polar surface area (TPSA) is 74.3 Å². The van der Waals surface area contributed by atoms with E-state index < -0.39 is 46.1 Å². The molecule has 224 valence electrons. The van der Waals surface area contributed by atoms with Gasteiger partial charge in [0.15, 0.2) is 0 Å². The number of halogens is 6. The number of para-hydroxylation sites is 1. The molecular weight excluding hydrogens is 574 g/mol. The molecule has 1 aromatic heterocycles. The maximum atomic E-state index is 13.4. The minimum Gasteiger partial charge on any atom is -0.372 e. The molecule has 2 N–H and O–H groups in total. The molecule has 7 rings (SSSR count). The summed E-state index contributed by atoms with van der Waals surface area (Å²) in [6.07, 6.45) is -4.83. The third-order valence-electron chi connectivity index (χ3n) is 8.62. The standard InChI is InChI=1S/C31H26F6N4O2/c1-2-16-15-41-10-8-17(16)11-24(41)25(22-7-9-38-23-6-4-3-5-21(22)23)40-27-26(28(42)29(27)43)39-20-13-18(30(32,33)34)12-19(14-20)31(35,36)37/h2-7,9,12-14,16-17,24-25,39-40H,1,8,10-11,15H2/t16-,17?,24?,25+/m0/s1. The third kappa shape index (κ3) is 5.28. The van der Waals surface area contributed by atoms with Crippen molar-refractivity contribution in [3.8, 4) is 0 Å². The summed E-state index contributed by atoms with van der Waals surface area (Å²) >= 11 is 0. The number of piperidine rings is 3. The summed E-state index contributed by atoms with van der Waals surface area (Å²) in [6.45, 7) is 5.52. The predicted octanol–water partition coefficient (Wildman–Crippen LogP) is 6.66. The number of anilines is 3. The lowest BCUT2D eigenvalue weighted by molar-refractivity contribution is -0.143. The number of pyridine rings is 1. The highest BCUT2D eigenvalue weighted by atomic mass is 19.4. The first kappa shape index (κ1) is 28.9. The molecule has 0 saturated carbocycles. The van der Waals surface area contributed by atoms with Crippen molar-refractivity contribution in [3.63, 3.8) is 0 Å². The van der Waals surface area contributed by atoms with Gasteiger partial charge in [-0.2, -0.15) is 26.3 Å². The maximum Gasteiger partial charge on any atom is 0.416 e. The van der Waals surface area contributed by atoms with Crippen LogP contribution in [0.25, 0.3) is 10.9 Å². The third-order valence-corrected chi connectivity index (χ3v) is 8.62. The van der Waals surface area contributed by atoms with Crippen molar-refractivity contribution in [1.82, 2.24) is 9.88 Å². The Labute approximate surface area is 241 Å². The lowest BCUT2D eigenvalue weighted by Crippen LogP contribution is -2.56. The van der Waals surface area contributed by atoms with Crippen LogP contribution >= 0.6 is 0 Å². The predicted molar refractivity (Wildman–Crippen MR) is 151 cm³/mol. The van der Waals surface area contributed by atoms with E-state index in [2.05, 4.69) is 27.1 Å². The Morgan fingerprint density at radius 2 is 1.63 bits per heavy atom. The van der Waals surface area contributed by atoms with Crippen LogP contribution in [0, 0.1) is 11.8 Å². The van der Waals surface area contributed by atoms with Crippen molar-refractivity contribution in [3.05, 3.63) is 105 Å². The van der Waals surface area contributed by atoms with Gasteiger partial charge in [0.2, 0.25) is 0 Å². The smallest absolute Gasteiger partial charge is 0.372 e. The second kappa shape index (κ2) is 10.5. The fraction of sp³-hybridized carbons (Fsp3) is 0.323. The number of nitrogens with zero attached hydrogens (tertiary/aromatic N) is 2. The van der Waals surface area contributed by atoms with Crippen molar-refractivity contribution >= 4 is 28.0 Å². The van der Waals surface area contributed by atoms with Crippen LogP contribution in [0.5, 0.6) is 0 Å². The Hall–Kier alpha value is -4.19. The first-order chi connectivity index (χ1) is 20.3. The summed E-state index contributed by atoms with van der Waals surface area (Å²) in [5, 5.41) is 6.40. The van der Waals surface area contributed by atoms with Gasteiger partial charge in [-0.25, -0.2) is 0 Å². The van der Waals surface area contributed by atoms with Crippen LogP contribution in [-0.2, 0) is 12.4 Å². The molecule has 0 radical (unpaired) electrons. The molecule has 0 spiro atoms. The highest BCUT2D eigenvalue weighted by molar-refractivity contribution is 5.84. The van der Waals surface area contributed by atoms with E-state index >= 15 is 0 Å². The molecule has 0 aliphatic carbocycles. The van der Waals surface area contributed by atoms with Crippen molar-refractivity contribution in [2.75, 3.05) is 23.7 Å². The van der Waals surface area contributed by atoms with Gasteiger partial charge in [0.1, 0.15) is 11.4 Å². The second-order valence-corrected chi connectivity index (χ2v) is 11.1. The number of nitrogens with one attached hydrogen (secondary N) is 2. The number of fused-ring (bicyclic) bond motifs is 4. The zero-order valence-corrected chi connectivity index (χ0v) is 22.6. The normalized spacial score (nSPS) is 22.9. The molecule has 3 aliphatic heterocycles. The van der Waals surface area contributed by atoms with Crippen LogP contribution in [0.15, 0.2) is 77.0 Å². The zero-order valence-electron chi connectivity index (χ0n) is 22.6. The molecule has 4 heterocycles. The molecule has 4 aromatic rings. The van der Waals surface area contributed by atoms with Gasteiger partial charge in [-0.05, 0) is 67.1 Å². The van der Waals surface area contributed by atoms with E-state index in [-0.39, 0.29) is 23.5 Å². The Morgan fingerprint density at radius 3 is 2.26 bits per heavy atom. The zero-order chi connectivity index (χ0) is 30.7. The molecule has 43 heavy (non-hydrogen) atoms. The summed E-state index contributed by atoms with van der Waals surface area (Å²) in [6, 6.07) is 9.52. The Bertz CT molecular complexity index is 1740. The van der Waals surface area contributed by atoms with Gasteiger partial charge < -0.3 is 10.6 Å². The number of alkyl halides is 6. The number of rotatable bonds is 7. The van der Waals surface area contributed by atoms with E-state index in [0.717, 1.165) is 36.9 Å². The van der Waals surface area contributed by atoms with Crippen LogP contribution in [0.3, 0.4) is 0 Å². The number of benzene rings is 2.